The van der Waals surface area contributed by atoms with Crippen LogP contribution in [0.25, 0.3) is 0 Å². The van der Waals surface area contributed by atoms with E-state index in [1.54, 1.807) is 12.1 Å². The molecule has 1 saturated heterocycles. The van der Waals surface area contributed by atoms with Crippen molar-refractivity contribution in [3.8, 4) is 5.75 Å². The average Bonchev–Trinajstić information content (AvgIpc) is 3.22. The van der Waals surface area contributed by atoms with Gasteiger partial charge < -0.3 is 39.2 Å². The lowest BCUT2D eigenvalue weighted by Gasteiger charge is -2.61. The summed E-state index contributed by atoms with van der Waals surface area (Å²) in [5.41, 5.74) is 0.333. The number of hydrogen-bond acceptors (Lipinski definition) is 11. The normalized spacial score (nSPS) is 29.7. The second-order valence-electron chi connectivity index (χ2n) is 10.6. The summed E-state index contributed by atoms with van der Waals surface area (Å²) in [6, 6.07) is 3.57. The van der Waals surface area contributed by atoms with Gasteiger partial charge in [-0.15, -0.1) is 0 Å². The zero-order valence-corrected chi connectivity index (χ0v) is 21.8. The fourth-order valence-corrected chi connectivity index (χ4v) is 6.66. The molecule has 5 rings (SSSR count). The molecule has 2 aliphatic carbocycles. The Balaban J connectivity index is 1.38. The number of piperidine rings is 1. The SMILES string of the molecule is CC(=O)O[C@@H](CC(=O)O[C@@H](C)C(=O)OC1=CC[C@@]2(O)[C@H]3Cc4ccc(CO)c5c4[C@@]2(CCN3C)[C@H]1O5)C(=O)O. The summed E-state index contributed by atoms with van der Waals surface area (Å²) in [7, 11) is 1.97. The third kappa shape index (κ3) is 4.09. The lowest BCUT2D eigenvalue weighted by Crippen LogP contribution is -2.74. The lowest BCUT2D eigenvalue weighted by molar-refractivity contribution is -0.177. The molecule has 1 spiro atoms. The average molecular weight is 546 g/mol. The molecular weight excluding hydrogens is 514 g/mol. The minimum absolute atomic E-state index is 0.173. The van der Waals surface area contributed by atoms with Gasteiger partial charge in [-0.05, 0) is 45.0 Å². The molecular formula is C27H31NO11. The minimum Gasteiger partial charge on any atom is -0.481 e. The van der Waals surface area contributed by atoms with Crippen molar-refractivity contribution in [1.82, 2.24) is 4.90 Å². The molecule has 0 radical (unpaired) electrons. The number of aliphatic carboxylic acids is 1. The summed E-state index contributed by atoms with van der Waals surface area (Å²) >= 11 is 0. The third-order valence-electron chi connectivity index (χ3n) is 8.42. The molecule has 0 aromatic heterocycles. The van der Waals surface area contributed by atoms with E-state index in [4.69, 9.17) is 19.3 Å². The van der Waals surface area contributed by atoms with Crippen molar-refractivity contribution in [3.63, 3.8) is 0 Å². The van der Waals surface area contributed by atoms with E-state index in [0.29, 0.717) is 30.7 Å². The van der Waals surface area contributed by atoms with E-state index in [9.17, 15) is 29.4 Å². The molecule has 2 bridgehead atoms. The second-order valence-corrected chi connectivity index (χ2v) is 10.6. The number of likely N-dealkylation sites (N-methyl/N-ethyl adjacent to an activating group) is 1. The van der Waals surface area contributed by atoms with Crippen molar-refractivity contribution in [2.45, 2.75) is 81.5 Å². The largest absolute Gasteiger partial charge is 0.481 e. The first-order chi connectivity index (χ1) is 18.4. The van der Waals surface area contributed by atoms with Crippen LogP contribution in [0.1, 0.15) is 49.8 Å². The van der Waals surface area contributed by atoms with Crippen molar-refractivity contribution < 1.29 is 53.4 Å². The number of esters is 3. The van der Waals surface area contributed by atoms with Gasteiger partial charge in [-0.2, -0.15) is 0 Å². The quantitative estimate of drug-likeness (QED) is 0.303. The number of carbonyl (C=O) groups excluding carboxylic acids is 3. The lowest BCUT2D eigenvalue weighted by atomic mass is 9.50. The van der Waals surface area contributed by atoms with Gasteiger partial charge in [0.25, 0.3) is 0 Å². The predicted octanol–water partition coefficient (Wildman–Crippen LogP) is 0.338. The standard InChI is InChI=1S/C27H31NO11/c1-13(36-20(31)11-18(24(32)33)37-14(2)30)25(34)38-17-6-7-27(35)19-10-15-4-5-16(12-29)22-21(15)26(27,23(17)39-22)8-9-28(19)3/h4-6,13,18-19,23,29,35H,7-12H2,1-3H3,(H,32,33)/t13-,18-,19+,23-,26-,27+/m0/s1. The van der Waals surface area contributed by atoms with E-state index >= 15 is 0 Å². The van der Waals surface area contributed by atoms with E-state index in [-0.39, 0.29) is 24.8 Å². The van der Waals surface area contributed by atoms with Gasteiger partial charge >= 0.3 is 23.9 Å². The fourth-order valence-electron chi connectivity index (χ4n) is 6.66. The topological polar surface area (TPSA) is 169 Å². The van der Waals surface area contributed by atoms with Crippen LogP contribution in [0.15, 0.2) is 24.0 Å². The molecule has 210 valence electrons. The number of nitrogens with zero attached hydrogens (tertiary/aromatic N) is 1. The number of aliphatic hydroxyl groups excluding tert-OH is 1. The molecule has 0 saturated carbocycles. The Kier molecular flexibility index (Phi) is 6.68. The third-order valence-corrected chi connectivity index (χ3v) is 8.42. The van der Waals surface area contributed by atoms with Crippen molar-refractivity contribution in [2.75, 3.05) is 13.6 Å². The molecule has 3 N–H and O–H groups in total. The van der Waals surface area contributed by atoms with Crippen molar-refractivity contribution in [2.24, 2.45) is 0 Å². The van der Waals surface area contributed by atoms with Crippen LogP contribution in [0.3, 0.4) is 0 Å². The van der Waals surface area contributed by atoms with Gasteiger partial charge in [0, 0.05) is 30.5 Å². The van der Waals surface area contributed by atoms with Crippen molar-refractivity contribution in [3.05, 3.63) is 40.7 Å². The Morgan fingerprint density at radius 1 is 1.23 bits per heavy atom. The predicted molar refractivity (Wildman–Crippen MR) is 130 cm³/mol. The summed E-state index contributed by atoms with van der Waals surface area (Å²) in [6.07, 6.45) is -1.83. The first kappa shape index (κ1) is 27.1. The summed E-state index contributed by atoms with van der Waals surface area (Å²) in [4.78, 5) is 49.7. The van der Waals surface area contributed by atoms with E-state index in [1.165, 1.54) is 6.92 Å². The number of carboxylic acid groups (broad SMARTS) is 1. The Hall–Kier alpha value is -3.48. The number of carboxylic acids is 1. The van der Waals surface area contributed by atoms with Gasteiger partial charge in [0.15, 0.2) is 12.2 Å². The van der Waals surface area contributed by atoms with Crippen LogP contribution in [0.2, 0.25) is 0 Å². The van der Waals surface area contributed by atoms with Crippen molar-refractivity contribution >= 4 is 23.9 Å². The molecule has 4 aliphatic rings. The van der Waals surface area contributed by atoms with Crippen LogP contribution >= 0.6 is 0 Å². The van der Waals surface area contributed by atoms with Gasteiger partial charge in [-0.3, -0.25) is 9.59 Å². The molecule has 2 aliphatic heterocycles. The fraction of sp³-hybridized carbons (Fsp3) is 0.556. The Morgan fingerprint density at radius 2 is 1.97 bits per heavy atom. The first-order valence-corrected chi connectivity index (χ1v) is 12.8. The number of hydrogen-bond donors (Lipinski definition) is 3. The molecule has 6 atom stereocenters. The number of aliphatic hydroxyl groups is 2. The molecule has 1 fully saturated rings. The van der Waals surface area contributed by atoms with E-state index in [2.05, 4.69) is 9.64 Å². The Labute approximate surface area is 224 Å². The molecule has 2 heterocycles. The molecule has 1 aromatic rings. The highest BCUT2D eigenvalue weighted by molar-refractivity contribution is 5.85. The molecule has 0 unspecified atom stereocenters. The zero-order chi connectivity index (χ0) is 28.3. The summed E-state index contributed by atoms with van der Waals surface area (Å²) in [5, 5.41) is 31.3. The maximum atomic E-state index is 13.0. The first-order valence-electron chi connectivity index (χ1n) is 12.8. The zero-order valence-electron chi connectivity index (χ0n) is 21.8. The van der Waals surface area contributed by atoms with Gasteiger partial charge in [0.1, 0.15) is 11.5 Å². The number of ether oxygens (including phenoxy) is 4. The minimum atomic E-state index is -1.75. The summed E-state index contributed by atoms with van der Waals surface area (Å²) in [6.45, 7) is 2.70. The van der Waals surface area contributed by atoms with Crippen LogP contribution in [0, 0.1) is 0 Å². The Bertz CT molecular complexity index is 1270. The highest BCUT2D eigenvalue weighted by Gasteiger charge is 2.71. The number of likely N-dealkylation sites (tertiary alicyclic amines) is 1. The Morgan fingerprint density at radius 3 is 2.64 bits per heavy atom. The van der Waals surface area contributed by atoms with Crippen LogP contribution in [0.4, 0.5) is 0 Å². The smallest absolute Gasteiger partial charge is 0.352 e. The van der Waals surface area contributed by atoms with Gasteiger partial charge in [-0.25, -0.2) is 9.59 Å². The molecule has 0 amide bonds. The van der Waals surface area contributed by atoms with Gasteiger partial charge in [-0.1, -0.05) is 12.1 Å². The summed E-state index contributed by atoms with van der Waals surface area (Å²) in [5.74, 6) is -3.72. The van der Waals surface area contributed by atoms with Gasteiger partial charge in [0.05, 0.1) is 24.0 Å². The van der Waals surface area contributed by atoms with E-state index in [1.807, 2.05) is 13.1 Å². The van der Waals surface area contributed by atoms with Crippen LogP contribution in [0.5, 0.6) is 5.75 Å². The molecule has 39 heavy (non-hydrogen) atoms. The molecule has 1 aromatic carbocycles. The number of benzene rings is 1. The maximum Gasteiger partial charge on any atom is 0.352 e. The highest BCUT2D eigenvalue weighted by atomic mass is 16.6. The monoisotopic (exact) mass is 545 g/mol. The van der Waals surface area contributed by atoms with Crippen LogP contribution in [-0.2, 0) is 51.8 Å². The molecule has 12 heteroatoms. The van der Waals surface area contributed by atoms with E-state index in [0.717, 1.165) is 18.1 Å². The summed E-state index contributed by atoms with van der Waals surface area (Å²) < 4.78 is 21.7. The van der Waals surface area contributed by atoms with Crippen LogP contribution in [-0.4, -0.2) is 87.6 Å². The molecule has 12 nitrogen and oxygen atoms in total. The number of carbonyl (C=O) groups is 4. The highest BCUT2D eigenvalue weighted by Crippen LogP contribution is 2.64. The maximum absolute atomic E-state index is 13.0. The van der Waals surface area contributed by atoms with Crippen LogP contribution < -0.4 is 4.74 Å². The van der Waals surface area contributed by atoms with E-state index < -0.39 is 59.6 Å². The number of rotatable bonds is 8. The van der Waals surface area contributed by atoms with Gasteiger partial charge in [0.2, 0.25) is 6.10 Å². The second kappa shape index (κ2) is 9.61. The van der Waals surface area contributed by atoms with Crippen molar-refractivity contribution in [1.29, 1.82) is 0 Å².